The molecule has 0 spiro atoms. The van der Waals surface area contributed by atoms with Crippen molar-refractivity contribution in [3.8, 4) is 11.5 Å². The summed E-state index contributed by atoms with van der Waals surface area (Å²) in [5.41, 5.74) is 5.61. The summed E-state index contributed by atoms with van der Waals surface area (Å²) < 4.78 is 18.3. The van der Waals surface area contributed by atoms with Gasteiger partial charge in [-0.3, -0.25) is 4.79 Å². The van der Waals surface area contributed by atoms with Gasteiger partial charge in [-0.2, -0.15) is 0 Å². The quantitative estimate of drug-likeness (QED) is 0.751. The SMILES string of the molecule is COc1ccc(O)c(C(=O)Nc2ccc(N)c(F)c2)c1. The number of benzene rings is 2. The molecule has 0 radical (unpaired) electrons. The average molecular weight is 276 g/mol. The molecule has 0 aliphatic heterocycles. The Kier molecular flexibility index (Phi) is 3.74. The lowest BCUT2D eigenvalue weighted by atomic mass is 10.1. The maximum absolute atomic E-state index is 13.3. The van der Waals surface area contributed by atoms with Gasteiger partial charge >= 0.3 is 0 Å². The lowest BCUT2D eigenvalue weighted by Gasteiger charge is -2.09. The van der Waals surface area contributed by atoms with Crippen LogP contribution in [0, 0.1) is 5.82 Å². The Labute approximate surface area is 114 Å². The predicted octanol–water partition coefficient (Wildman–Crippen LogP) is 2.37. The molecule has 0 fully saturated rings. The summed E-state index contributed by atoms with van der Waals surface area (Å²) in [4.78, 5) is 12.0. The molecule has 0 unspecified atom stereocenters. The van der Waals surface area contributed by atoms with Crippen molar-refractivity contribution >= 4 is 17.3 Å². The average Bonchev–Trinajstić information content (AvgIpc) is 2.43. The van der Waals surface area contributed by atoms with Crippen LogP contribution in [0.5, 0.6) is 11.5 Å². The molecule has 1 amide bonds. The monoisotopic (exact) mass is 276 g/mol. The zero-order chi connectivity index (χ0) is 14.7. The highest BCUT2D eigenvalue weighted by Gasteiger charge is 2.13. The number of rotatable bonds is 3. The first-order chi connectivity index (χ1) is 9.51. The standard InChI is InChI=1S/C14H13FN2O3/c1-20-9-3-5-13(18)10(7-9)14(19)17-8-2-4-12(16)11(15)6-8/h2-7,18H,16H2,1H3,(H,17,19). The molecule has 4 N–H and O–H groups in total. The van der Waals surface area contributed by atoms with Crippen LogP contribution in [-0.4, -0.2) is 18.1 Å². The van der Waals surface area contributed by atoms with Crippen LogP contribution in [-0.2, 0) is 0 Å². The van der Waals surface area contributed by atoms with Crippen molar-refractivity contribution in [1.82, 2.24) is 0 Å². The molecule has 2 aromatic rings. The van der Waals surface area contributed by atoms with E-state index >= 15 is 0 Å². The molecule has 2 rings (SSSR count). The molecule has 0 saturated heterocycles. The first-order valence-electron chi connectivity index (χ1n) is 5.74. The Hall–Kier alpha value is -2.76. The van der Waals surface area contributed by atoms with E-state index in [1.807, 2.05) is 0 Å². The second-order valence-electron chi connectivity index (χ2n) is 4.07. The van der Waals surface area contributed by atoms with Crippen molar-refractivity contribution in [3.05, 3.63) is 47.8 Å². The Morgan fingerprint density at radius 2 is 2.05 bits per heavy atom. The zero-order valence-corrected chi connectivity index (χ0v) is 10.7. The van der Waals surface area contributed by atoms with Crippen LogP contribution in [0.15, 0.2) is 36.4 Å². The summed E-state index contributed by atoms with van der Waals surface area (Å²) in [6.07, 6.45) is 0. The zero-order valence-electron chi connectivity index (χ0n) is 10.7. The van der Waals surface area contributed by atoms with Gasteiger partial charge in [0, 0.05) is 5.69 Å². The molecule has 0 aliphatic carbocycles. The second-order valence-corrected chi connectivity index (χ2v) is 4.07. The van der Waals surface area contributed by atoms with Crippen molar-refractivity contribution in [3.63, 3.8) is 0 Å². The van der Waals surface area contributed by atoms with E-state index in [-0.39, 0.29) is 22.7 Å². The van der Waals surface area contributed by atoms with Crippen molar-refractivity contribution in [1.29, 1.82) is 0 Å². The van der Waals surface area contributed by atoms with E-state index < -0.39 is 11.7 Å². The normalized spacial score (nSPS) is 10.1. The number of methoxy groups -OCH3 is 1. The van der Waals surface area contributed by atoms with Crippen LogP contribution in [0.3, 0.4) is 0 Å². The first-order valence-corrected chi connectivity index (χ1v) is 5.74. The molecule has 20 heavy (non-hydrogen) atoms. The molecule has 6 heteroatoms. The number of ether oxygens (including phenoxy) is 1. The van der Waals surface area contributed by atoms with Gasteiger partial charge in [0.2, 0.25) is 0 Å². The molecule has 104 valence electrons. The molecule has 0 saturated carbocycles. The second kappa shape index (κ2) is 5.48. The molecule has 2 aromatic carbocycles. The number of amides is 1. The smallest absolute Gasteiger partial charge is 0.259 e. The molecule has 0 aliphatic rings. The summed E-state index contributed by atoms with van der Waals surface area (Å²) in [5.74, 6) is -0.973. The number of nitrogens with one attached hydrogen (secondary N) is 1. The van der Waals surface area contributed by atoms with E-state index in [2.05, 4.69) is 5.32 Å². The summed E-state index contributed by atoms with van der Waals surface area (Å²) in [5, 5.41) is 12.1. The minimum absolute atomic E-state index is 0.00720. The van der Waals surface area contributed by atoms with Gasteiger partial charge in [-0.25, -0.2) is 4.39 Å². The van der Waals surface area contributed by atoms with Gasteiger partial charge in [0.1, 0.15) is 17.3 Å². The van der Waals surface area contributed by atoms with Crippen molar-refractivity contribution in [2.75, 3.05) is 18.2 Å². The predicted molar refractivity (Wildman–Crippen MR) is 73.4 cm³/mol. The number of carbonyl (C=O) groups excluding carboxylic acids is 1. The fourth-order valence-corrected chi connectivity index (χ4v) is 1.63. The number of anilines is 2. The Morgan fingerprint density at radius 1 is 1.30 bits per heavy atom. The van der Waals surface area contributed by atoms with Crippen molar-refractivity contribution in [2.45, 2.75) is 0 Å². The third-order valence-electron chi connectivity index (χ3n) is 2.71. The van der Waals surface area contributed by atoms with E-state index in [1.54, 1.807) is 0 Å². The highest BCUT2D eigenvalue weighted by atomic mass is 19.1. The van der Waals surface area contributed by atoms with Gasteiger partial charge in [0.25, 0.3) is 5.91 Å². The number of nitrogen functional groups attached to an aromatic ring is 1. The molecule has 0 atom stereocenters. The molecular formula is C14H13FN2O3. The fourth-order valence-electron chi connectivity index (χ4n) is 1.63. The number of carbonyl (C=O) groups is 1. The Morgan fingerprint density at radius 3 is 2.70 bits per heavy atom. The lowest BCUT2D eigenvalue weighted by Crippen LogP contribution is -2.12. The van der Waals surface area contributed by atoms with Crippen LogP contribution in [0.4, 0.5) is 15.8 Å². The Bertz CT molecular complexity index is 659. The molecule has 0 aromatic heterocycles. The number of hydrogen-bond donors (Lipinski definition) is 3. The maximum atomic E-state index is 13.3. The van der Waals surface area contributed by atoms with Crippen LogP contribution >= 0.6 is 0 Å². The van der Waals surface area contributed by atoms with Crippen LogP contribution in [0.1, 0.15) is 10.4 Å². The number of nitrogens with two attached hydrogens (primary N) is 1. The molecule has 0 bridgehead atoms. The van der Waals surface area contributed by atoms with Gasteiger partial charge in [0.05, 0.1) is 18.4 Å². The van der Waals surface area contributed by atoms with E-state index in [0.29, 0.717) is 5.75 Å². The van der Waals surface area contributed by atoms with Crippen molar-refractivity contribution < 1.29 is 19.0 Å². The number of phenols is 1. The van der Waals surface area contributed by atoms with Crippen LogP contribution in [0.2, 0.25) is 0 Å². The number of hydrogen-bond acceptors (Lipinski definition) is 4. The summed E-state index contributed by atoms with van der Waals surface area (Å²) in [6.45, 7) is 0. The lowest BCUT2D eigenvalue weighted by molar-refractivity contribution is 0.102. The van der Waals surface area contributed by atoms with E-state index in [1.165, 1.54) is 37.4 Å². The van der Waals surface area contributed by atoms with Gasteiger partial charge < -0.3 is 20.9 Å². The summed E-state index contributed by atoms with van der Waals surface area (Å²) in [6, 6.07) is 8.17. The van der Waals surface area contributed by atoms with Gasteiger partial charge in [-0.15, -0.1) is 0 Å². The number of halogens is 1. The largest absolute Gasteiger partial charge is 0.507 e. The van der Waals surface area contributed by atoms with Crippen molar-refractivity contribution in [2.24, 2.45) is 0 Å². The number of phenolic OH excluding ortho intramolecular Hbond substituents is 1. The first kappa shape index (κ1) is 13.7. The van der Waals surface area contributed by atoms with Gasteiger partial charge in [0.15, 0.2) is 0 Å². The highest BCUT2D eigenvalue weighted by Crippen LogP contribution is 2.24. The molecular weight excluding hydrogens is 263 g/mol. The maximum Gasteiger partial charge on any atom is 0.259 e. The Balaban J connectivity index is 2.25. The van der Waals surface area contributed by atoms with Gasteiger partial charge in [-0.1, -0.05) is 0 Å². The minimum atomic E-state index is -0.627. The van der Waals surface area contributed by atoms with E-state index in [4.69, 9.17) is 10.5 Å². The topological polar surface area (TPSA) is 84.6 Å². The molecule has 5 nitrogen and oxygen atoms in total. The third-order valence-corrected chi connectivity index (χ3v) is 2.71. The summed E-state index contributed by atoms with van der Waals surface area (Å²) in [7, 11) is 1.45. The van der Waals surface area contributed by atoms with Crippen LogP contribution in [0.25, 0.3) is 0 Å². The van der Waals surface area contributed by atoms with E-state index in [9.17, 15) is 14.3 Å². The minimum Gasteiger partial charge on any atom is -0.507 e. The third kappa shape index (κ3) is 2.80. The summed E-state index contributed by atoms with van der Waals surface area (Å²) >= 11 is 0. The number of aromatic hydroxyl groups is 1. The van der Waals surface area contributed by atoms with E-state index in [0.717, 1.165) is 6.07 Å². The van der Waals surface area contributed by atoms with Gasteiger partial charge in [-0.05, 0) is 36.4 Å². The molecule has 0 heterocycles. The van der Waals surface area contributed by atoms with Crippen LogP contribution < -0.4 is 15.8 Å². The highest BCUT2D eigenvalue weighted by molar-refractivity contribution is 6.06. The fraction of sp³-hybridized carbons (Fsp3) is 0.0714.